The van der Waals surface area contributed by atoms with E-state index in [1.807, 2.05) is 23.5 Å². The molecule has 3 heteroatoms. The maximum Gasteiger partial charge on any atom is 0.137 e. The summed E-state index contributed by atoms with van der Waals surface area (Å²) in [5.41, 5.74) is 9.78. The Balaban J connectivity index is 1.33. The van der Waals surface area contributed by atoms with Crippen LogP contribution >= 0.6 is 11.3 Å². The van der Waals surface area contributed by atoms with Gasteiger partial charge >= 0.3 is 0 Å². The van der Waals surface area contributed by atoms with Gasteiger partial charge in [0.1, 0.15) is 11.2 Å². The lowest BCUT2D eigenvalue weighted by Gasteiger charge is -2.29. The van der Waals surface area contributed by atoms with Gasteiger partial charge in [0.2, 0.25) is 0 Å². The first-order valence-corrected chi connectivity index (χ1v) is 16.0. The van der Waals surface area contributed by atoms with Crippen LogP contribution in [0.5, 0.6) is 0 Å². The van der Waals surface area contributed by atoms with E-state index in [0.29, 0.717) is 0 Å². The third kappa shape index (κ3) is 4.32. The minimum absolute atomic E-state index is 0.877. The third-order valence-electron chi connectivity index (χ3n) is 8.67. The molecule has 0 atom stereocenters. The second-order valence-corrected chi connectivity index (χ2v) is 12.4. The number of rotatable bonds is 5. The van der Waals surface area contributed by atoms with Crippen LogP contribution in [0.2, 0.25) is 0 Å². The quantitative estimate of drug-likeness (QED) is 0.197. The SMILES string of the molecule is c1ccc(-c2cccc(N(c3ccccc3)c3ccc4c(c3)oc3ccccc34)c2-c2ccc3c(c2)sc2ccccc23)cc1. The molecule has 0 aliphatic carbocycles. The summed E-state index contributed by atoms with van der Waals surface area (Å²) >= 11 is 1.86. The fourth-order valence-electron chi connectivity index (χ4n) is 6.63. The van der Waals surface area contributed by atoms with Crippen LogP contribution in [0.25, 0.3) is 64.4 Å². The predicted molar refractivity (Wildman–Crippen MR) is 192 cm³/mol. The van der Waals surface area contributed by atoms with Gasteiger partial charge in [-0.15, -0.1) is 11.3 Å². The van der Waals surface area contributed by atoms with Crippen molar-refractivity contribution < 1.29 is 4.42 Å². The normalized spacial score (nSPS) is 11.6. The highest BCUT2D eigenvalue weighted by atomic mass is 32.1. The molecule has 0 fully saturated rings. The monoisotopic (exact) mass is 593 g/mol. The van der Waals surface area contributed by atoms with Crippen LogP contribution in [0.15, 0.2) is 168 Å². The molecule has 9 rings (SSSR count). The van der Waals surface area contributed by atoms with Crippen LogP contribution in [-0.4, -0.2) is 0 Å². The van der Waals surface area contributed by atoms with Gasteiger partial charge in [-0.1, -0.05) is 109 Å². The lowest BCUT2D eigenvalue weighted by Crippen LogP contribution is -2.11. The summed E-state index contributed by atoms with van der Waals surface area (Å²) < 4.78 is 8.98. The Morgan fingerprint density at radius 2 is 1.11 bits per heavy atom. The van der Waals surface area contributed by atoms with Crippen LogP contribution in [0.1, 0.15) is 0 Å². The lowest BCUT2D eigenvalue weighted by atomic mass is 9.91. The van der Waals surface area contributed by atoms with Crippen LogP contribution in [-0.2, 0) is 0 Å². The fourth-order valence-corrected chi connectivity index (χ4v) is 7.77. The summed E-state index contributed by atoms with van der Waals surface area (Å²) in [4.78, 5) is 2.36. The van der Waals surface area contributed by atoms with Crippen molar-refractivity contribution in [1.82, 2.24) is 0 Å². The van der Waals surface area contributed by atoms with E-state index in [4.69, 9.17) is 4.42 Å². The Morgan fingerprint density at radius 1 is 0.422 bits per heavy atom. The molecule has 0 spiro atoms. The van der Waals surface area contributed by atoms with E-state index in [1.165, 1.54) is 42.4 Å². The Bertz CT molecular complexity index is 2490. The molecular formula is C42H27NOS. The van der Waals surface area contributed by atoms with Crippen LogP contribution < -0.4 is 4.90 Å². The van der Waals surface area contributed by atoms with Gasteiger partial charge in [0, 0.05) is 53.9 Å². The number of nitrogens with zero attached hydrogens (tertiary/aromatic N) is 1. The molecular weight excluding hydrogens is 567 g/mol. The van der Waals surface area contributed by atoms with Gasteiger partial charge in [-0.25, -0.2) is 0 Å². The summed E-state index contributed by atoms with van der Waals surface area (Å²) in [6.45, 7) is 0. The molecule has 0 saturated carbocycles. The number of furan rings is 1. The van der Waals surface area contributed by atoms with Crippen molar-refractivity contribution in [1.29, 1.82) is 0 Å². The molecule has 212 valence electrons. The Hall–Kier alpha value is -5.64. The number of anilines is 3. The van der Waals surface area contributed by atoms with Crippen LogP contribution in [0, 0.1) is 0 Å². The van der Waals surface area contributed by atoms with Crippen molar-refractivity contribution in [3.8, 4) is 22.3 Å². The number of para-hydroxylation sites is 2. The first kappa shape index (κ1) is 25.8. The van der Waals surface area contributed by atoms with Gasteiger partial charge in [-0.2, -0.15) is 0 Å². The molecule has 0 N–H and O–H groups in total. The number of fused-ring (bicyclic) bond motifs is 6. The van der Waals surface area contributed by atoms with Crippen LogP contribution in [0.4, 0.5) is 17.1 Å². The molecule has 0 radical (unpaired) electrons. The fraction of sp³-hybridized carbons (Fsp3) is 0. The van der Waals surface area contributed by atoms with Crippen molar-refractivity contribution in [3.05, 3.63) is 164 Å². The number of benzene rings is 7. The summed E-state index contributed by atoms with van der Waals surface area (Å²) in [6.07, 6.45) is 0. The number of thiophene rings is 1. The highest BCUT2D eigenvalue weighted by molar-refractivity contribution is 7.25. The first-order chi connectivity index (χ1) is 22.3. The molecule has 0 aliphatic rings. The maximum absolute atomic E-state index is 6.37. The summed E-state index contributed by atoms with van der Waals surface area (Å²) in [7, 11) is 0. The molecule has 0 bridgehead atoms. The van der Waals surface area contributed by atoms with E-state index in [1.54, 1.807) is 0 Å². The summed E-state index contributed by atoms with van der Waals surface area (Å²) in [6, 6.07) is 58.5. The van der Waals surface area contributed by atoms with E-state index in [9.17, 15) is 0 Å². The molecule has 2 nitrogen and oxygen atoms in total. The van der Waals surface area contributed by atoms with E-state index in [-0.39, 0.29) is 0 Å². The first-order valence-electron chi connectivity index (χ1n) is 15.2. The molecule has 0 unspecified atom stereocenters. The summed E-state index contributed by atoms with van der Waals surface area (Å²) in [5.74, 6) is 0. The average Bonchev–Trinajstić information content (AvgIpc) is 3.67. The molecule has 0 amide bonds. The molecule has 9 aromatic rings. The molecule has 45 heavy (non-hydrogen) atoms. The van der Waals surface area contributed by atoms with Gasteiger partial charge in [0.15, 0.2) is 0 Å². The smallest absolute Gasteiger partial charge is 0.137 e. The molecule has 7 aromatic carbocycles. The second kappa shape index (κ2) is 10.5. The van der Waals surface area contributed by atoms with Crippen molar-refractivity contribution in [2.75, 3.05) is 4.90 Å². The topological polar surface area (TPSA) is 16.4 Å². The van der Waals surface area contributed by atoms with Gasteiger partial charge in [0.25, 0.3) is 0 Å². The van der Waals surface area contributed by atoms with E-state index >= 15 is 0 Å². The highest BCUT2D eigenvalue weighted by Gasteiger charge is 2.22. The lowest BCUT2D eigenvalue weighted by molar-refractivity contribution is 0.669. The zero-order valence-corrected chi connectivity index (χ0v) is 25.2. The van der Waals surface area contributed by atoms with Gasteiger partial charge in [-0.05, 0) is 65.2 Å². The minimum Gasteiger partial charge on any atom is -0.456 e. The van der Waals surface area contributed by atoms with Gasteiger partial charge in [0.05, 0.1) is 5.69 Å². The average molecular weight is 594 g/mol. The Morgan fingerprint density at radius 3 is 1.98 bits per heavy atom. The zero-order valence-electron chi connectivity index (χ0n) is 24.4. The second-order valence-electron chi connectivity index (χ2n) is 11.3. The molecule has 0 aliphatic heterocycles. The van der Waals surface area contributed by atoms with Crippen molar-refractivity contribution in [3.63, 3.8) is 0 Å². The van der Waals surface area contributed by atoms with E-state index < -0.39 is 0 Å². The summed E-state index contributed by atoms with van der Waals surface area (Å²) in [5, 5.41) is 4.86. The maximum atomic E-state index is 6.37. The van der Waals surface area contributed by atoms with Crippen molar-refractivity contribution in [2.45, 2.75) is 0 Å². The van der Waals surface area contributed by atoms with Gasteiger partial charge in [-0.3, -0.25) is 0 Å². The zero-order chi connectivity index (χ0) is 29.7. The minimum atomic E-state index is 0.877. The highest BCUT2D eigenvalue weighted by Crippen LogP contribution is 2.47. The van der Waals surface area contributed by atoms with E-state index in [2.05, 4.69) is 157 Å². The standard InChI is InChI=1S/C42H27NOS/c1-3-12-28(13-4-1)32-18-11-19-37(42(32)29-22-24-36-35-17-8-10-21-40(35)45-41(36)26-29)43(30-14-5-2-6-15-30)31-23-25-34-33-16-7-9-20-38(33)44-39(34)27-31/h1-27H. The predicted octanol–water partition coefficient (Wildman–Crippen LogP) is 12.8. The number of hydrogen-bond acceptors (Lipinski definition) is 3. The van der Waals surface area contributed by atoms with Crippen LogP contribution in [0.3, 0.4) is 0 Å². The third-order valence-corrected chi connectivity index (χ3v) is 9.80. The van der Waals surface area contributed by atoms with Crippen molar-refractivity contribution in [2.24, 2.45) is 0 Å². The number of hydrogen-bond donors (Lipinski definition) is 0. The molecule has 0 saturated heterocycles. The Kier molecular flexibility index (Phi) is 6.03. The van der Waals surface area contributed by atoms with Crippen molar-refractivity contribution >= 4 is 70.5 Å². The largest absolute Gasteiger partial charge is 0.456 e. The Labute approximate surface area is 265 Å². The van der Waals surface area contributed by atoms with Gasteiger partial charge < -0.3 is 9.32 Å². The van der Waals surface area contributed by atoms with E-state index in [0.717, 1.165) is 39.0 Å². The molecule has 2 aromatic heterocycles. The molecule has 2 heterocycles.